The molecule has 1 aromatic carbocycles. The number of hydrogen-bond acceptors (Lipinski definition) is 8. The number of anilines is 1. The van der Waals surface area contributed by atoms with Gasteiger partial charge in [-0.2, -0.15) is 4.39 Å². The number of nitrogen functional groups attached to an aromatic ring is 1. The molecule has 0 saturated carbocycles. The summed E-state index contributed by atoms with van der Waals surface area (Å²) in [6, 6.07) is 7.44. The van der Waals surface area contributed by atoms with E-state index in [9.17, 15) is 19.1 Å². The zero-order valence-electron chi connectivity index (χ0n) is 22.4. The van der Waals surface area contributed by atoms with Crippen LogP contribution in [-0.4, -0.2) is 64.9 Å². The van der Waals surface area contributed by atoms with Gasteiger partial charge in [0.25, 0.3) is 5.56 Å². The summed E-state index contributed by atoms with van der Waals surface area (Å²) in [5, 5.41) is 9.44. The average Bonchev–Trinajstić information content (AvgIpc) is 3.29. The Morgan fingerprint density at radius 2 is 1.77 bits per heavy atom. The highest BCUT2D eigenvalue weighted by molar-refractivity contribution is 5.71. The van der Waals surface area contributed by atoms with E-state index in [2.05, 4.69) is 9.97 Å². The SMILES string of the molecule is CCCn1c(=O)c2c(nc(Cc3nccnc3F)n2CCN(CC)CCO)n(CCc2ccccc2N)c1=O. The molecule has 0 fully saturated rings. The topological polar surface area (TPSA) is 137 Å². The predicted octanol–water partition coefficient (Wildman–Crippen LogP) is 1.43. The summed E-state index contributed by atoms with van der Waals surface area (Å²) in [5.41, 5.74) is 7.39. The molecular formula is C27H35FN8O3. The van der Waals surface area contributed by atoms with E-state index < -0.39 is 17.2 Å². The molecule has 4 aromatic rings. The fourth-order valence-corrected chi connectivity index (χ4v) is 4.76. The summed E-state index contributed by atoms with van der Waals surface area (Å²) in [4.78, 5) is 41.9. The Hall–Kier alpha value is -3.90. The molecule has 11 nitrogen and oxygen atoms in total. The zero-order valence-corrected chi connectivity index (χ0v) is 22.4. The van der Waals surface area contributed by atoms with Gasteiger partial charge in [0.15, 0.2) is 11.2 Å². The van der Waals surface area contributed by atoms with Crippen molar-refractivity contribution in [1.82, 2.24) is 33.6 Å². The fraction of sp³-hybridized carbons (Fsp3) is 0.444. The highest BCUT2D eigenvalue weighted by Crippen LogP contribution is 2.18. The van der Waals surface area contributed by atoms with Gasteiger partial charge in [-0.15, -0.1) is 0 Å². The van der Waals surface area contributed by atoms with Gasteiger partial charge in [-0.05, 0) is 31.0 Å². The summed E-state index contributed by atoms with van der Waals surface area (Å²) in [6.07, 6.45) is 3.73. The fourth-order valence-electron chi connectivity index (χ4n) is 4.76. The quantitative estimate of drug-likeness (QED) is 0.244. The summed E-state index contributed by atoms with van der Waals surface area (Å²) in [6.45, 7) is 6.45. The van der Waals surface area contributed by atoms with Crippen molar-refractivity contribution in [3.8, 4) is 0 Å². The molecule has 12 heteroatoms. The van der Waals surface area contributed by atoms with Gasteiger partial charge in [0.2, 0.25) is 5.95 Å². The Morgan fingerprint density at radius 3 is 2.46 bits per heavy atom. The smallest absolute Gasteiger partial charge is 0.332 e. The first-order valence-corrected chi connectivity index (χ1v) is 13.2. The highest BCUT2D eigenvalue weighted by atomic mass is 19.1. The molecule has 0 amide bonds. The Kier molecular flexibility index (Phi) is 9.20. The largest absolute Gasteiger partial charge is 0.399 e. The number of nitrogens with two attached hydrogens (primary N) is 1. The van der Waals surface area contributed by atoms with Gasteiger partial charge in [-0.1, -0.05) is 32.0 Å². The molecule has 3 N–H and O–H groups in total. The number of fused-ring (bicyclic) bond motifs is 1. The van der Waals surface area contributed by atoms with Gasteiger partial charge in [-0.25, -0.2) is 14.8 Å². The Morgan fingerprint density at radius 1 is 1.00 bits per heavy atom. The average molecular weight is 539 g/mol. The van der Waals surface area contributed by atoms with E-state index in [1.165, 1.54) is 21.5 Å². The van der Waals surface area contributed by atoms with Crippen LogP contribution in [0.15, 0.2) is 46.2 Å². The molecule has 0 unspecified atom stereocenters. The van der Waals surface area contributed by atoms with Gasteiger partial charge in [0, 0.05) is 50.8 Å². The maximum absolute atomic E-state index is 14.5. The lowest BCUT2D eigenvalue weighted by Gasteiger charge is -2.20. The third-order valence-corrected chi connectivity index (χ3v) is 6.85. The molecule has 0 saturated heterocycles. The number of aromatic nitrogens is 6. The van der Waals surface area contributed by atoms with E-state index in [0.717, 1.165) is 5.56 Å². The molecule has 3 heterocycles. The maximum atomic E-state index is 14.5. The van der Waals surface area contributed by atoms with E-state index in [4.69, 9.17) is 10.7 Å². The molecular weight excluding hydrogens is 503 g/mol. The van der Waals surface area contributed by atoms with Gasteiger partial charge < -0.3 is 15.4 Å². The second kappa shape index (κ2) is 12.8. The summed E-state index contributed by atoms with van der Waals surface area (Å²) >= 11 is 0. The second-order valence-corrected chi connectivity index (χ2v) is 9.32. The number of hydrogen-bond donors (Lipinski definition) is 2. The van der Waals surface area contributed by atoms with E-state index in [1.807, 2.05) is 36.9 Å². The number of imidazole rings is 1. The van der Waals surface area contributed by atoms with Crippen LogP contribution in [0.5, 0.6) is 0 Å². The molecule has 4 rings (SSSR count). The number of likely N-dealkylation sites (N-methyl/N-ethyl adjacent to an activating group) is 1. The van der Waals surface area contributed by atoms with E-state index in [-0.39, 0.29) is 43.0 Å². The first kappa shape index (κ1) is 28.1. The minimum atomic E-state index is -0.716. The molecule has 39 heavy (non-hydrogen) atoms. The number of para-hydroxylation sites is 1. The van der Waals surface area contributed by atoms with Crippen molar-refractivity contribution in [3.05, 3.63) is 80.5 Å². The second-order valence-electron chi connectivity index (χ2n) is 9.32. The van der Waals surface area contributed by atoms with E-state index in [1.54, 1.807) is 10.6 Å². The van der Waals surface area contributed by atoms with Crippen molar-refractivity contribution in [1.29, 1.82) is 0 Å². The van der Waals surface area contributed by atoms with Crippen molar-refractivity contribution in [2.75, 3.05) is 32.0 Å². The lowest BCUT2D eigenvalue weighted by molar-refractivity contribution is 0.197. The van der Waals surface area contributed by atoms with Crippen molar-refractivity contribution >= 4 is 16.9 Å². The number of rotatable bonds is 13. The highest BCUT2D eigenvalue weighted by Gasteiger charge is 2.23. The van der Waals surface area contributed by atoms with Crippen molar-refractivity contribution in [3.63, 3.8) is 0 Å². The molecule has 0 radical (unpaired) electrons. The van der Waals surface area contributed by atoms with Crippen LogP contribution >= 0.6 is 0 Å². The maximum Gasteiger partial charge on any atom is 0.332 e. The molecule has 0 aliphatic rings. The monoisotopic (exact) mass is 538 g/mol. The summed E-state index contributed by atoms with van der Waals surface area (Å²) in [5.74, 6) is -0.310. The minimum absolute atomic E-state index is 0.00164. The Balaban J connectivity index is 1.89. The van der Waals surface area contributed by atoms with Crippen LogP contribution in [-0.2, 0) is 32.5 Å². The van der Waals surface area contributed by atoms with Crippen LogP contribution in [0.4, 0.5) is 10.1 Å². The van der Waals surface area contributed by atoms with Crippen molar-refractivity contribution in [2.45, 2.75) is 52.7 Å². The Labute approximate surface area is 225 Å². The molecule has 3 aromatic heterocycles. The lowest BCUT2D eigenvalue weighted by Crippen LogP contribution is -2.41. The van der Waals surface area contributed by atoms with Crippen LogP contribution in [0.25, 0.3) is 11.2 Å². The molecule has 0 spiro atoms. The lowest BCUT2D eigenvalue weighted by atomic mass is 10.1. The number of aryl methyl sites for hydroxylation is 2. The third kappa shape index (κ3) is 6.07. The van der Waals surface area contributed by atoms with Crippen molar-refractivity contribution in [2.24, 2.45) is 0 Å². The van der Waals surface area contributed by atoms with E-state index >= 15 is 0 Å². The van der Waals surface area contributed by atoms with Crippen molar-refractivity contribution < 1.29 is 9.50 Å². The van der Waals surface area contributed by atoms with Crippen LogP contribution < -0.4 is 17.0 Å². The van der Waals surface area contributed by atoms with Gasteiger partial charge in [-0.3, -0.25) is 23.8 Å². The number of nitrogens with zero attached hydrogens (tertiary/aromatic N) is 7. The predicted molar refractivity (Wildman–Crippen MR) is 147 cm³/mol. The zero-order chi connectivity index (χ0) is 27.9. The molecule has 0 bridgehead atoms. The minimum Gasteiger partial charge on any atom is -0.399 e. The van der Waals surface area contributed by atoms with Crippen LogP contribution in [0, 0.1) is 5.95 Å². The van der Waals surface area contributed by atoms with Gasteiger partial charge >= 0.3 is 5.69 Å². The molecule has 0 aliphatic heterocycles. The molecule has 0 aliphatic carbocycles. The summed E-state index contributed by atoms with van der Waals surface area (Å²) < 4.78 is 19.0. The number of benzene rings is 1. The van der Waals surface area contributed by atoms with E-state index in [0.29, 0.717) is 50.5 Å². The van der Waals surface area contributed by atoms with Crippen LogP contribution in [0.2, 0.25) is 0 Å². The van der Waals surface area contributed by atoms with Crippen LogP contribution in [0.3, 0.4) is 0 Å². The van der Waals surface area contributed by atoms with Gasteiger partial charge in [0.1, 0.15) is 11.5 Å². The third-order valence-electron chi connectivity index (χ3n) is 6.85. The Bertz CT molecular complexity index is 1540. The normalized spacial score (nSPS) is 11.6. The van der Waals surface area contributed by atoms with Crippen LogP contribution in [0.1, 0.15) is 37.4 Å². The van der Waals surface area contributed by atoms with Gasteiger partial charge in [0.05, 0.1) is 13.0 Å². The molecule has 208 valence electrons. The standard InChI is InChI=1S/C27H35FN8O3/c1-3-12-36-26(38)23-25(35(27(36)39)13-9-19-7-5-6-8-20(19)29)32-22(18-21-24(28)31-11-10-30-21)34(23)15-14-33(4-2)16-17-37/h5-8,10-11,37H,3-4,9,12-18,29H2,1-2H3. The number of aliphatic hydroxyl groups excluding tert-OH is 1. The first-order chi connectivity index (χ1) is 18.9. The number of aliphatic hydroxyl groups is 1. The number of halogens is 1. The first-order valence-electron chi connectivity index (χ1n) is 13.2. The molecule has 0 atom stereocenters. The summed E-state index contributed by atoms with van der Waals surface area (Å²) in [7, 11) is 0.